The van der Waals surface area contributed by atoms with Crippen molar-refractivity contribution < 1.29 is 31.6 Å². The standard InChI is InChI=1S/C38H25Cl2F3N8O4/c1-18-44-16-34-50(18)48-37(54-34)21-4-7-30(46-32(52)12-20-3-6-24(39)14-28(20)40)26(10-21)27-11-22(38-49-51-19(2)45-17-35(51)55-38)5-8-31(27)47-33(53)13-23-9-25(41)15-29(42)36(23)43/h3-11,14-17H,12-13H2,1-2H3,(H,46,52)(H,47,53). The first-order valence-corrected chi connectivity index (χ1v) is 17.2. The van der Waals surface area contributed by atoms with Gasteiger partial charge in [0.1, 0.15) is 17.5 Å². The van der Waals surface area contributed by atoms with Gasteiger partial charge in [-0.25, -0.2) is 23.1 Å². The van der Waals surface area contributed by atoms with E-state index in [2.05, 4.69) is 30.8 Å². The quantitative estimate of drug-likeness (QED) is 0.138. The van der Waals surface area contributed by atoms with Crippen LogP contribution in [-0.4, -0.2) is 41.0 Å². The minimum absolute atomic E-state index is 0.107. The van der Waals surface area contributed by atoms with Crippen molar-refractivity contribution in [3.63, 3.8) is 0 Å². The number of nitrogens with one attached hydrogen (secondary N) is 2. The fourth-order valence-electron chi connectivity index (χ4n) is 6.03. The molecule has 4 heterocycles. The third kappa shape index (κ3) is 7.02. The van der Waals surface area contributed by atoms with E-state index in [1.807, 2.05) is 0 Å². The molecule has 8 aromatic rings. The van der Waals surface area contributed by atoms with Crippen LogP contribution >= 0.6 is 23.2 Å². The zero-order chi connectivity index (χ0) is 38.5. The van der Waals surface area contributed by atoms with Crippen molar-refractivity contribution in [2.75, 3.05) is 10.6 Å². The second kappa shape index (κ2) is 14.1. The zero-order valence-corrected chi connectivity index (χ0v) is 30.1. The Hall–Kier alpha value is -6.45. The smallest absolute Gasteiger partial charge is 0.246 e. The molecule has 0 unspecified atom stereocenters. The van der Waals surface area contributed by atoms with Crippen LogP contribution in [0.3, 0.4) is 0 Å². The van der Waals surface area contributed by atoms with Gasteiger partial charge in [-0.1, -0.05) is 29.3 Å². The molecule has 0 saturated carbocycles. The van der Waals surface area contributed by atoms with Crippen LogP contribution in [-0.2, 0) is 22.4 Å². The second-order valence-corrected chi connectivity index (χ2v) is 13.3. The summed E-state index contributed by atoms with van der Waals surface area (Å²) in [5.74, 6) is -3.40. The van der Waals surface area contributed by atoms with E-state index < -0.39 is 41.3 Å². The molecule has 0 radical (unpaired) electrons. The lowest BCUT2D eigenvalue weighted by Gasteiger charge is -2.18. The Morgan fingerprint density at radius 2 is 1.22 bits per heavy atom. The van der Waals surface area contributed by atoms with Crippen LogP contribution in [0.4, 0.5) is 24.5 Å². The fraction of sp³-hybridized carbons (Fsp3) is 0.105. The molecule has 4 aromatic heterocycles. The third-order valence-electron chi connectivity index (χ3n) is 8.70. The number of fused-ring (bicyclic) bond motifs is 2. The number of anilines is 2. The summed E-state index contributed by atoms with van der Waals surface area (Å²) < 4.78 is 57.6. The Kier molecular flexibility index (Phi) is 9.11. The molecule has 0 atom stereocenters. The first-order chi connectivity index (χ1) is 26.4. The third-order valence-corrected chi connectivity index (χ3v) is 9.28. The Labute approximate surface area is 318 Å². The van der Waals surface area contributed by atoms with Crippen LogP contribution in [0.25, 0.3) is 45.5 Å². The van der Waals surface area contributed by atoms with E-state index in [1.54, 1.807) is 62.4 Å². The summed E-state index contributed by atoms with van der Waals surface area (Å²) in [6, 6.07) is 15.9. The van der Waals surface area contributed by atoms with Crippen LogP contribution in [0, 0.1) is 31.3 Å². The normalized spacial score (nSPS) is 11.5. The maximum absolute atomic E-state index is 14.6. The van der Waals surface area contributed by atoms with Gasteiger partial charge in [0, 0.05) is 55.3 Å². The minimum Gasteiger partial charge on any atom is -0.417 e. The van der Waals surface area contributed by atoms with Gasteiger partial charge in [-0.2, -0.15) is 9.03 Å². The van der Waals surface area contributed by atoms with Crippen molar-refractivity contribution in [2.45, 2.75) is 26.7 Å². The molecule has 2 amide bonds. The maximum atomic E-state index is 14.6. The maximum Gasteiger partial charge on any atom is 0.246 e. The molecule has 0 spiro atoms. The highest BCUT2D eigenvalue weighted by atomic mass is 35.5. The lowest BCUT2D eigenvalue weighted by atomic mass is 9.96. The van der Waals surface area contributed by atoms with E-state index in [1.165, 1.54) is 27.5 Å². The number of nitrogens with zero attached hydrogens (tertiary/aromatic N) is 6. The summed E-state index contributed by atoms with van der Waals surface area (Å²) in [7, 11) is 0. The number of aryl methyl sites for hydroxylation is 2. The van der Waals surface area contributed by atoms with Gasteiger partial charge in [0.2, 0.25) is 35.0 Å². The molecule has 8 rings (SSSR count). The number of hydrogen-bond acceptors (Lipinski definition) is 8. The molecule has 276 valence electrons. The summed E-state index contributed by atoms with van der Waals surface area (Å²) in [4.78, 5) is 35.4. The largest absolute Gasteiger partial charge is 0.417 e. The number of benzene rings is 4. The average Bonchev–Trinajstić information content (AvgIpc) is 3.93. The van der Waals surface area contributed by atoms with Gasteiger partial charge in [-0.15, -0.1) is 10.2 Å². The Morgan fingerprint density at radius 1 is 0.691 bits per heavy atom. The van der Waals surface area contributed by atoms with Crippen molar-refractivity contribution >= 4 is 57.8 Å². The summed E-state index contributed by atoms with van der Waals surface area (Å²) in [6.45, 7) is 3.53. The molecule has 0 bridgehead atoms. The average molecular weight is 786 g/mol. The number of carbonyl (C=O) groups is 2. The van der Waals surface area contributed by atoms with Gasteiger partial charge in [-0.05, 0) is 74.0 Å². The fourth-order valence-corrected chi connectivity index (χ4v) is 6.50. The molecule has 0 aliphatic rings. The minimum atomic E-state index is -1.42. The van der Waals surface area contributed by atoms with Gasteiger partial charge in [-0.3, -0.25) is 9.59 Å². The summed E-state index contributed by atoms with van der Waals surface area (Å²) in [6.07, 6.45) is 2.25. The number of hydrogen-bond donors (Lipinski definition) is 2. The number of carbonyl (C=O) groups excluding carboxylic acids is 2. The number of amides is 2. The Morgan fingerprint density at radius 3 is 1.73 bits per heavy atom. The summed E-state index contributed by atoms with van der Waals surface area (Å²) in [5.41, 5.74) is 3.01. The van der Waals surface area contributed by atoms with Crippen LogP contribution < -0.4 is 10.6 Å². The predicted molar refractivity (Wildman–Crippen MR) is 197 cm³/mol. The van der Waals surface area contributed by atoms with Gasteiger partial charge in [0.25, 0.3) is 0 Å². The molecule has 17 heteroatoms. The highest BCUT2D eigenvalue weighted by Crippen LogP contribution is 2.40. The first kappa shape index (κ1) is 35.6. The predicted octanol–water partition coefficient (Wildman–Crippen LogP) is 8.66. The van der Waals surface area contributed by atoms with Crippen molar-refractivity contribution in [3.05, 3.63) is 129 Å². The molecule has 0 aliphatic heterocycles. The molecule has 0 saturated heterocycles. The molecule has 55 heavy (non-hydrogen) atoms. The van der Waals surface area contributed by atoms with E-state index in [9.17, 15) is 22.8 Å². The molecule has 12 nitrogen and oxygen atoms in total. The van der Waals surface area contributed by atoms with Crippen LogP contribution in [0.15, 0.2) is 88.0 Å². The van der Waals surface area contributed by atoms with Gasteiger partial charge >= 0.3 is 0 Å². The van der Waals surface area contributed by atoms with Crippen LogP contribution in [0.1, 0.15) is 22.8 Å². The van der Waals surface area contributed by atoms with E-state index in [0.717, 1.165) is 6.07 Å². The summed E-state index contributed by atoms with van der Waals surface area (Å²) >= 11 is 12.4. The molecular formula is C38H25Cl2F3N8O4. The molecule has 4 aromatic carbocycles. The monoisotopic (exact) mass is 784 g/mol. The van der Waals surface area contributed by atoms with Crippen molar-refractivity contribution in [1.29, 1.82) is 0 Å². The SMILES string of the molecule is Cc1ncc2oc(-c3ccc(NC(=O)Cc4ccc(Cl)cc4Cl)c(-c4cc(-c5nn6c(C)ncc6o5)ccc4NC(=O)Cc4cc(F)cc(F)c4F)c3)nn12. The van der Waals surface area contributed by atoms with Crippen molar-refractivity contribution in [3.8, 4) is 34.0 Å². The van der Waals surface area contributed by atoms with Crippen molar-refractivity contribution in [2.24, 2.45) is 0 Å². The number of rotatable bonds is 9. The number of aromatic nitrogens is 6. The molecule has 0 fully saturated rings. The Bertz CT molecular complexity index is 2830. The highest BCUT2D eigenvalue weighted by Gasteiger charge is 2.22. The number of imidazole rings is 2. The topological polar surface area (TPSA) is 145 Å². The van der Waals surface area contributed by atoms with Gasteiger partial charge in [0.15, 0.2) is 11.6 Å². The lowest BCUT2D eigenvalue weighted by molar-refractivity contribution is -0.116. The highest BCUT2D eigenvalue weighted by molar-refractivity contribution is 6.35. The van der Waals surface area contributed by atoms with E-state index in [-0.39, 0.29) is 23.9 Å². The molecular weight excluding hydrogens is 760 g/mol. The van der Waals surface area contributed by atoms with Crippen LogP contribution in [0.2, 0.25) is 10.0 Å². The first-order valence-electron chi connectivity index (χ1n) is 16.5. The molecule has 2 N–H and O–H groups in total. The second-order valence-electron chi connectivity index (χ2n) is 12.5. The molecule has 0 aliphatic carbocycles. The lowest BCUT2D eigenvalue weighted by Crippen LogP contribution is -2.17. The van der Waals surface area contributed by atoms with E-state index in [0.29, 0.717) is 72.7 Å². The zero-order valence-electron chi connectivity index (χ0n) is 28.6. The summed E-state index contributed by atoms with van der Waals surface area (Å²) in [5, 5.41) is 15.5. The number of halogens is 5. The van der Waals surface area contributed by atoms with Gasteiger partial charge in [0.05, 0.1) is 25.2 Å². The van der Waals surface area contributed by atoms with E-state index in [4.69, 9.17) is 32.0 Å². The van der Waals surface area contributed by atoms with Crippen molar-refractivity contribution in [1.82, 2.24) is 29.2 Å². The van der Waals surface area contributed by atoms with Crippen LogP contribution in [0.5, 0.6) is 0 Å². The van der Waals surface area contributed by atoms with Gasteiger partial charge < -0.3 is 19.5 Å². The van der Waals surface area contributed by atoms with E-state index >= 15 is 0 Å². The Balaban J connectivity index is 1.25.